The van der Waals surface area contributed by atoms with Gasteiger partial charge in [-0.05, 0) is 31.9 Å². The topological polar surface area (TPSA) is 56.6 Å². The standard InChI is InChI=1S/C15H17FN2O2/c1-9-5-14(18-4-2-3-10(18)8-19)11-6-12(16)15(20)7-13(11)17-9/h5-7,10,19-20H,2-4,8H2,1H3/t10-/m0/s1. The third-order valence-corrected chi connectivity index (χ3v) is 3.88. The van der Waals surface area contributed by atoms with E-state index in [1.54, 1.807) is 0 Å². The number of aryl methyl sites for hydroxylation is 1. The number of aliphatic hydroxyl groups is 1. The number of nitrogens with zero attached hydrogens (tertiary/aromatic N) is 2. The minimum Gasteiger partial charge on any atom is -0.505 e. The lowest BCUT2D eigenvalue weighted by atomic mass is 10.1. The first-order valence-electron chi connectivity index (χ1n) is 6.77. The fourth-order valence-electron chi connectivity index (χ4n) is 2.93. The number of anilines is 1. The van der Waals surface area contributed by atoms with Crippen LogP contribution in [0.3, 0.4) is 0 Å². The molecular weight excluding hydrogens is 259 g/mol. The van der Waals surface area contributed by atoms with Gasteiger partial charge in [-0.15, -0.1) is 0 Å². The number of pyridine rings is 1. The van der Waals surface area contributed by atoms with Crippen LogP contribution in [0.5, 0.6) is 5.75 Å². The number of rotatable bonds is 2. The predicted molar refractivity (Wildman–Crippen MR) is 75.6 cm³/mol. The van der Waals surface area contributed by atoms with E-state index >= 15 is 0 Å². The Morgan fingerprint density at radius 1 is 1.40 bits per heavy atom. The van der Waals surface area contributed by atoms with Gasteiger partial charge >= 0.3 is 0 Å². The molecule has 1 fully saturated rings. The van der Waals surface area contributed by atoms with Crippen molar-refractivity contribution < 1.29 is 14.6 Å². The van der Waals surface area contributed by atoms with Gasteiger partial charge in [0.15, 0.2) is 11.6 Å². The van der Waals surface area contributed by atoms with Gasteiger partial charge in [0.1, 0.15) is 0 Å². The number of hydrogen-bond acceptors (Lipinski definition) is 4. The summed E-state index contributed by atoms with van der Waals surface area (Å²) in [6.07, 6.45) is 1.94. The van der Waals surface area contributed by atoms with Gasteiger partial charge in [0.05, 0.1) is 18.2 Å². The van der Waals surface area contributed by atoms with Crippen LogP contribution in [0.25, 0.3) is 10.9 Å². The van der Waals surface area contributed by atoms with Crippen LogP contribution in [0.2, 0.25) is 0 Å². The largest absolute Gasteiger partial charge is 0.505 e. The van der Waals surface area contributed by atoms with E-state index in [4.69, 9.17) is 0 Å². The molecule has 0 radical (unpaired) electrons. The summed E-state index contributed by atoms with van der Waals surface area (Å²) in [5.74, 6) is -1.04. The molecule has 5 heteroatoms. The van der Waals surface area contributed by atoms with Crippen molar-refractivity contribution in [2.75, 3.05) is 18.1 Å². The van der Waals surface area contributed by atoms with Crippen LogP contribution in [-0.2, 0) is 0 Å². The van der Waals surface area contributed by atoms with Crippen molar-refractivity contribution in [2.45, 2.75) is 25.8 Å². The van der Waals surface area contributed by atoms with E-state index in [1.165, 1.54) is 12.1 Å². The number of aromatic nitrogens is 1. The van der Waals surface area contributed by atoms with Gasteiger partial charge in [-0.25, -0.2) is 4.39 Å². The van der Waals surface area contributed by atoms with Crippen molar-refractivity contribution in [1.29, 1.82) is 0 Å². The summed E-state index contributed by atoms with van der Waals surface area (Å²) in [6, 6.07) is 4.65. The van der Waals surface area contributed by atoms with Crippen LogP contribution in [0.4, 0.5) is 10.1 Å². The fraction of sp³-hybridized carbons (Fsp3) is 0.400. The Morgan fingerprint density at radius 3 is 2.95 bits per heavy atom. The smallest absolute Gasteiger partial charge is 0.165 e. The summed E-state index contributed by atoms with van der Waals surface area (Å²) in [5, 5.41) is 19.6. The summed E-state index contributed by atoms with van der Waals surface area (Å²) in [5.41, 5.74) is 2.26. The lowest BCUT2D eigenvalue weighted by molar-refractivity contribution is 0.266. The Kier molecular flexibility index (Phi) is 3.22. The molecule has 3 rings (SSSR count). The molecule has 0 amide bonds. The summed E-state index contributed by atoms with van der Waals surface area (Å²) in [6.45, 7) is 2.79. The highest BCUT2D eigenvalue weighted by atomic mass is 19.1. The number of aromatic hydroxyl groups is 1. The molecule has 1 aromatic heterocycles. The molecule has 1 aliphatic rings. The lowest BCUT2D eigenvalue weighted by Crippen LogP contribution is -2.32. The van der Waals surface area contributed by atoms with Crippen LogP contribution in [-0.4, -0.2) is 34.4 Å². The van der Waals surface area contributed by atoms with E-state index < -0.39 is 5.82 Å². The molecule has 0 spiro atoms. The van der Waals surface area contributed by atoms with Crippen LogP contribution >= 0.6 is 0 Å². The molecular formula is C15H17FN2O2. The molecule has 106 valence electrons. The van der Waals surface area contributed by atoms with Gasteiger partial charge in [0, 0.05) is 29.4 Å². The molecule has 1 aromatic carbocycles. The van der Waals surface area contributed by atoms with Gasteiger partial charge in [-0.2, -0.15) is 0 Å². The molecule has 1 atom stereocenters. The van der Waals surface area contributed by atoms with Gasteiger partial charge in [-0.3, -0.25) is 4.98 Å². The number of phenols is 1. The minimum absolute atomic E-state index is 0.0665. The van der Waals surface area contributed by atoms with Gasteiger partial charge in [0.2, 0.25) is 0 Å². The zero-order valence-corrected chi connectivity index (χ0v) is 11.3. The summed E-state index contributed by atoms with van der Waals surface area (Å²) in [7, 11) is 0. The first-order valence-corrected chi connectivity index (χ1v) is 6.77. The van der Waals surface area contributed by atoms with Crippen molar-refractivity contribution in [3.05, 3.63) is 29.7 Å². The highest BCUT2D eigenvalue weighted by Crippen LogP contribution is 2.34. The maximum Gasteiger partial charge on any atom is 0.165 e. The molecule has 1 saturated heterocycles. The van der Waals surface area contributed by atoms with E-state index in [-0.39, 0.29) is 18.4 Å². The molecule has 0 bridgehead atoms. The lowest BCUT2D eigenvalue weighted by Gasteiger charge is -2.27. The van der Waals surface area contributed by atoms with E-state index in [9.17, 15) is 14.6 Å². The highest BCUT2D eigenvalue weighted by Gasteiger charge is 2.26. The average molecular weight is 276 g/mol. The zero-order chi connectivity index (χ0) is 14.3. The third-order valence-electron chi connectivity index (χ3n) is 3.88. The zero-order valence-electron chi connectivity index (χ0n) is 11.3. The highest BCUT2D eigenvalue weighted by molar-refractivity contribution is 5.93. The summed E-state index contributed by atoms with van der Waals surface area (Å²) >= 11 is 0. The Bertz CT molecular complexity index is 660. The number of hydrogen-bond donors (Lipinski definition) is 2. The second-order valence-corrected chi connectivity index (χ2v) is 5.28. The maximum atomic E-state index is 13.6. The van der Waals surface area contributed by atoms with Crippen LogP contribution < -0.4 is 4.90 Å². The van der Waals surface area contributed by atoms with E-state index in [0.29, 0.717) is 10.9 Å². The van der Waals surface area contributed by atoms with Crippen molar-refractivity contribution in [2.24, 2.45) is 0 Å². The molecule has 2 aromatic rings. The molecule has 4 nitrogen and oxygen atoms in total. The Balaban J connectivity index is 2.21. The van der Waals surface area contributed by atoms with E-state index in [1.807, 2.05) is 13.0 Å². The summed E-state index contributed by atoms with van der Waals surface area (Å²) in [4.78, 5) is 6.45. The first-order chi connectivity index (χ1) is 9.60. The van der Waals surface area contributed by atoms with Gasteiger partial charge in [0.25, 0.3) is 0 Å². The Labute approximate surface area is 116 Å². The van der Waals surface area contributed by atoms with Crippen molar-refractivity contribution >= 4 is 16.6 Å². The number of phenolic OH excluding ortho intramolecular Hbond substituents is 1. The quantitative estimate of drug-likeness (QED) is 0.884. The van der Waals surface area contributed by atoms with E-state index in [0.717, 1.165) is 30.8 Å². The number of benzene rings is 1. The van der Waals surface area contributed by atoms with Crippen molar-refractivity contribution in [3.8, 4) is 5.75 Å². The average Bonchev–Trinajstić information content (AvgIpc) is 2.88. The number of halogens is 1. The first kappa shape index (κ1) is 13.1. The van der Waals surface area contributed by atoms with Gasteiger partial charge in [-0.1, -0.05) is 0 Å². The third kappa shape index (κ3) is 2.08. The van der Waals surface area contributed by atoms with Crippen LogP contribution in [0, 0.1) is 12.7 Å². The normalized spacial score (nSPS) is 18.9. The molecule has 2 heterocycles. The predicted octanol–water partition coefficient (Wildman–Crippen LogP) is 2.35. The Morgan fingerprint density at radius 2 is 2.20 bits per heavy atom. The van der Waals surface area contributed by atoms with Crippen molar-refractivity contribution in [3.63, 3.8) is 0 Å². The second-order valence-electron chi connectivity index (χ2n) is 5.28. The maximum absolute atomic E-state index is 13.6. The van der Waals surface area contributed by atoms with Crippen LogP contribution in [0.15, 0.2) is 18.2 Å². The Hall–Kier alpha value is -1.88. The van der Waals surface area contributed by atoms with Crippen molar-refractivity contribution in [1.82, 2.24) is 4.98 Å². The molecule has 0 unspecified atom stereocenters. The molecule has 1 aliphatic heterocycles. The molecule has 2 N–H and O–H groups in total. The fourth-order valence-corrected chi connectivity index (χ4v) is 2.93. The van der Waals surface area contributed by atoms with Gasteiger partial charge < -0.3 is 15.1 Å². The SMILES string of the molecule is Cc1cc(N2CCC[C@H]2CO)c2cc(F)c(O)cc2n1. The number of fused-ring (bicyclic) bond motifs is 1. The number of aliphatic hydroxyl groups excluding tert-OH is 1. The van der Waals surface area contributed by atoms with E-state index in [2.05, 4.69) is 9.88 Å². The van der Waals surface area contributed by atoms with Crippen LogP contribution in [0.1, 0.15) is 18.5 Å². The monoisotopic (exact) mass is 276 g/mol. The second kappa shape index (κ2) is 4.90. The molecule has 0 aliphatic carbocycles. The summed E-state index contributed by atoms with van der Waals surface area (Å²) < 4.78 is 13.6. The minimum atomic E-state index is -0.649. The molecule has 0 saturated carbocycles. The molecule has 20 heavy (non-hydrogen) atoms.